The number of benzene rings is 2. The summed E-state index contributed by atoms with van der Waals surface area (Å²) >= 11 is 0. The monoisotopic (exact) mass is 486 g/mol. The molecule has 8 heteroatoms. The van der Waals surface area contributed by atoms with Crippen LogP contribution in [0.15, 0.2) is 30.3 Å². The molecule has 0 bridgehead atoms. The maximum Gasteiger partial charge on any atom is 0.272 e. The Hall–Kier alpha value is -1.93. The summed E-state index contributed by atoms with van der Waals surface area (Å²) in [5, 5.41) is 0. The highest BCUT2D eigenvalue weighted by Gasteiger charge is 2.25. The molecule has 0 atom stereocenters. The van der Waals surface area contributed by atoms with Gasteiger partial charge >= 0.3 is 0 Å². The summed E-state index contributed by atoms with van der Waals surface area (Å²) in [4.78, 5) is 0. The average Bonchev–Trinajstić information content (AvgIpc) is 2.78. The Labute approximate surface area is 193 Å². The topological polar surface area (TPSA) is 18.5 Å². The minimum absolute atomic E-state index is 0.00281. The molecule has 33 heavy (non-hydrogen) atoms. The van der Waals surface area contributed by atoms with Gasteiger partial charge in [-0.1, -0.05) is 37.0 Å². The second-order valence-electron chi connectivity index (χ2n) is 8.77. The van der Waals surface area contributed by atoms with Gasteiger partial charge in [0.25, 0.3) is 6.43 Å². The van der Waals surface area contributed by atoms with Crippen molar-refractivity contribution in [2.45, 2.75) is 62.6 Å². The number of unbranched alkanes of at least 4 members (excludes halogenated alkanes) is 2. The molecule has 0 radical (unpaired) electrons. The Balaban J connectivity index is 1.62. The van der Waals surface area contributed by atoms with Gasteiger partial charge < -0.3 is 9.47 Å². The van der Waals surface area contributed by atoms with Crippen LogP contribution in [-0.2, 0) is 4.74 Å². The summed E-state index contributed by atoms with van der Waals surface area (Å²) in [5.41, 5.74) is 0.332. The maximum absolute atomic E-state index is 14.9. The van der Waals surface area contributed by atoms with Crippen molar-refractivity contribution in [1.82, 2.24) is 0 Å². The molecule has 0 aromatic heterocycles. The fourth-order valence-electron chi connectivity index (χ4n) is 4.67. The molecule has 1 aliphatic rings. The smallest absolute Gasteiger partial charge is 0.272 e. The summed E-state index contributed by atoms with van der Waals surface area (Å²) in [5.74, 6) is -2.67. The normalized spacial score (nSPS) is 18.6. The Morgan fingerprint density at radius 3 is 2.24 bits per heavy atom. The van der Waals surface area contributed by atoms with Crippen LogP contribution in [0.3, 0.4) is 0 Å². The lowest BCUT2D eigenvalue weighted by atomic mass is 9.91. The molecule has 1 aliphatic heterocycles. The SMILES string of the molecule is COCCCCC[SiH]1CCC(c2cc(F)c(-c3ccc(OCC(F)F)c(F)c3)c(F)c2)CC1. The standard InChI is InChI=1S/C25H31F5O2Si/c1-31-9-3-2-4-10-33-11-7-17(8-12-33)19-14-21(27)25(22(28)15-19)18-5-6-23(20(26)13-18)32-16-24(29)30/h5-6,13-15,17,24,33H,2-4,7-12,16H2,1H3. The van der Waals surface area contributed by atoms with Crippen molar-refractivity contribution in [3.05, 3.63) is 53.3 Å². The van der Waals surface area contributed by atoms with E-state index in [4.69, 9.17) is 4.74 Å². The predicted molar refractivity (Wildman–Crippen MR) is 123 cm³/mol. The van der Waals surface area contributed by atoms with E-state index in [0.29, 0.717) is 5.56 Å². The van der Waals surface area contributed by atoms with Crippen LogP contribution in [0.4, 0.5) is 22.0 Å². The zero-order valence-electron chi connectivity index (χ0n) is 18.9. The number of hydrogen-bond acceptors (Lipinski definition) is 2. The van der Waals surface area contributed by atoms with Crippen molar-refractivity contribution in [3.8, 4) is 16.9 Å². The second-order valence-corrected chi connectivity index (χ2v) is 12.2. The Morgan fingerprint density at radius 1 is 0.939 bits per heavy atom. The van der Waals surface area contributed by atoms with Crippen molar-refractivity contribution in [1.29, 1.82) is 0 Å². The molecule has 0 amide bonds. The molecule has 0 N–H and O–H groups in total. The van der Waals surface area contributed by atoms with E-state index in [2.05, 4.69) is 4.74 Å². The van der Waals surface area contributed by atoms with Crippen LogP contribution in [-0.4, -0.2) is 35.5 Å². The number of methoxy groups -OCH3 is 1. The molecule has 2 aromatic rings. The highest BCUT2D eigenvalue weighted by Crippen LogP contribution is 2.38. The van der Waals surface area contributed by atoms with Crippen LogP contribution >= 0.6 is 0 Å². The lowest BCUT2D eigenvalue weighted by Gasteiger charge is -2.28. The van der Waals surface area contributed by atoms with E-state index in [1.165, 1.54) is 49.2 Å². The molecule has 1 heterocycles. The molecular weight excluding hydrogens is 455 g/mol. The fourth-order valence-corrected chi connectivity index (χ4v) is 8.15. The average molecular weight is 487 g/mol. The third kappa shape index (κ3) is 7.27. The number of alkyl halides is 2. The second kappa shape index (κ2) is 12.5. The molecule has 2 aromatic carbocycles. The third-order valence-electron chi connectivity index (χ3n) is 6.43. The lowest BCUT2D eigenvalue weighted by Crippen LogP contribution is -2.20. The van der Waals surface area contributed by atoms with Gasteiger partial charge in [-0.05, 0) is 60.6 Å². The number of rotatable bonds is 11. The molecule has 0 spiro atoms. The van der Waals surface area contributed by atoms with Gasteiger partial charge in [0.15, 0.2) is 11.6 Å². The Morgan fingerprint density at radius 2 is 1.64 bits per heavy atom. The van der Waals surface area contributed by atoms with E-state index in [9.17, 15) is 22.0 Å². The zero-order chi connectivity index (χ0) is 23.8. The summed E-state index contributed by atoms with van der Waals surface area (Å²) in [6.45, 7) is -0.142. The highest BCUT2D eigenvalue weighted by molar-refractivity contribution is 6.59. The Kier molecular flexibility index (Phi) is 9.74. The van der Waals surface area contributed by atoms with E-state index in [1.807, 2.05) is 0 Å². The molecule has 1 saturated heterocycles. The van der Waals surface area contributed by atoms with E-state index < -0.39 is 39.3 Å². The summed E-state index contributed by atoms with van der Waals surface area (Å²) < 4.78 is 78.3. The van der Waals surface area contributed by atoms with Crippen LogP contribution in [0.5, 0.6) is 5.75 Å². The van der Waals surface area contributed by atoms with E-state index in [1.54, 1.807) is 7.11 Å². The molecular formula is C25H31F5O2Si. The van der Waals surface area contributed by atoms with Crippen molar-refractivity contribution in [2.24, 2.45) is 0 Å². The van der Waals surface area contributed by atoms with Gasteiger partial charge in [0.1, 0.15) is 18.2 Å². The van der Waals surface area contributed by atoms with Crippen LogP contribution in [0.2, 0.25) is 18.1 Å². The van der Waals surface area contributed by atoms with E-state index in [-0.39, 0.29) is 22.8 Å². The van der Waals surface area contributed by atoms with Crippen LogP contribution in [0.25, 0.3) is 11.1 Å². The fraction of sp³-hybridized carbons (Fsp3) is 0.520. The minimum atomic E-state index is -2.75. The van der Waals surface area contributed by atoms with E-state index >= 15 is 0 Å². The summed E-state index contributed by atoms with van der Waals surface area (Å²) in [7, 11) is 0.944. The molecule has 0 aliphatic carbocycles. The van der Waals surface area contributed by atoms with Gasteiger partial charge in [-0.15, -0.1) is 0 Å². The quantitative estimate of drug-likeness (QED) is 0.188. The highest BCUT2D eigenvalue weighted by atomic mass is 28.3. The first-order valence-electron chi connectivity index (χ1n) is 11.6. The van der Waals surface area contributed by atoms with Crippen LogP contribution in [0.1, 0.15) is 43.6 Å². The van der Waals surface area contributed by atoms with Crippen molar-refractivity contribution in [2.75, 3.05) is 20.3 Å². The Bertz CT molecular complexity index is 877. The minimum Gasteiger partial charge on any atom is -0.485 e. The predicted octanol–water partition coefficient (Wildman–Crippen LogP) is 7.34. The van der Waals surface area contributed by atoms with Gasteiger partial charge in [0.2, 0.25) is 0 Å². The number of hydrogen-bond donors (Lipinski definition) is 0. The first-order chi connectivity index (χ1) is 15.9. The lowest BCUT2D eigenvalue weighted by molar-refractivity contribution is 0.0799. The molecule has 2 nitrogen and oxygen atoms in total. The number of ether oxygens (including phenoxy) is 2. The van der Waals surface area contributed by atoms with Crippen LogP contribution in [0, 0.1) is 17.5 Å². The number of halogens is 5. The van der Waals surface area contributed by atoms with Gasteiger partial charge in [-0.25, -0.2) is 22.0 Å². The van der Waals surface area contributed by atoms with Crippen molar-refractivity contribution in [3.63, 3.8) is 0 Å². The van der Waals surface area contributed by atoms with Gasteiger partial charge in [0, 0.05) is 22.5 Å². The maximum atomic E-state index is 14.9. The van der Waals surface area contributed by atoms with Crippen molar-refractivity contribution >= 4 is 8.80 Å². The van der Waals surface area contributed by atoms with Gasteiger partial charge in [0.05, 0.1) is 5.56 Å². The third-order valence-corrected chi connectivity index (χ3v) is 9.95. The first kappa shape index (κ1) is 25.7. The molecule has 0 saturated carbocycles. The largest absolute Gasteiger partial charge is 0.485 e. The van der Waals surface area contributed by atoms with Crippen LogP contribution < -0.4 is 4.74 Å². The molecule has 1 fully saturated rings. The summed E-state index contributed by atoms with van der Waals surface area (Å²) in [6.07, 6.45) is 2.70. The zero-order valence-corrected chi connectivity index (χ0v) is 20.1. The van der Waals surface area contributed by atoms with Gasteiger partial charge in [-0.3, -0.25) is 0 Å². The first-order valence-corrected chi connectivity index (χ1v) is 14.0. The molecule has 0 unspecified atom stereocenters. The molecule has 182 valence electrons. The summed E-state index contributed by atoms with van der Waals surface area (Å²) in [6, 6.07) is 9.70. The molecule has 3 rings (SSSR count). The van der Waals surface area contributed by atoms with Gasteiger partial charge in [-0.2, -0.15) is 0 Å². The van der Waals surface area contributed by atoms with Crippen molar-refractivity contribution < 1.29 is 31.4 Å². The van der Waals surface area contributed by atoms with E-state index in [0.717, 1.165) is 38.0 Å².